The summed E-state index contributed by atoms with van der Waals surface area (Å²) in [7, 11) is 0. The minimum absolute atomic E-state index is 0. The predicted octanol–water partition coefficient (Wildman–Crippen LogP) is -4.02. The van der Waals surface area contributed by atoms with E-state index in [0.29, 0.717) is 12.0 Å². The van der Waals surface area contributed by atoms with Gasteiger partial charge < -0.3 is 35.5 Å². The Morgan fingerprint density at radius 1 is 1.10 bits per heavy atom. The first-order valence-electron chi connectivity index (χ1n) is 9.04. The molecule has 1 aliphatic rings. The van der Waals surface area contributed by atoms with E-state index in [4.69, 9.17) is 4.74 Å². The van der Waals surface area contributed by atoms with Crippen LogP contribution >= 0.6 is 0 Å². The Bertz CT molecular complexity index is 726. The Kier molecular flexibility index (Phi) is 9.57. The van der Waals surface area contributed by atoms with Crippen LogP contribution in [0, 0.1) is 5.92 Å². The number of phenols is 1. The molecule has 0 aromatic heterocycles. The maximum atomic E-state index is 12.6. The molecule has 2 rings (SSSR count). The van der Waals surface area contributed by atoms with Crippen LogP contribution < -0.4 is 45.3 Å². The SMILES string of the molecule is CC(C)C[C@H](NC(=O)[C@@H]1O[C@H]1C(=O)[O-])C(=O)NC(C)C(O)c1ccc(O)cc1.[Na+]. The second-order valence-corrected chi connectivity index (χ2v) is 7.32. The number of carbonyl (C=O) groups excluding carboxylic acids is 3. The summed E-state index contributed by atoms with van der Waals surface area (Å²) < 4.78 is 4.75. The van der Waals surface area contributed by atoms with Gasteiger partial charge in [0.1, 0.15) is 17.9 Å². The molecule has 1 aromatic carbocycles. The van der Waals surface area contributed by atoms with Crippen molar-refractivity contribution in [2.75, 3.05) is 0 Å². The van der Waals surface area contributed by atoms with Crippen molar-refractivity contribution < 1.29 is 64.0 Å². The van der Waals surface area contributed by atoms with E-state index < -0.39 is 48.2 Å². The summed E-state index contributed by atoms with van der Waals surface area (Å²) in [5.74, 6) is -2.54. The molecular formula is C19H25N2NaO7. The first-order valence-corrected chi connectivity index (χ1v) is 9.04. The zero-order valence-corrected chi connectivity index (χ0v) is 18.9. The fourth-order valence-corrected chi connectivity index (χ4v) is 2.81. The van der Waals surface area contributed by atoms with Crippen LogP contribution in [0.3, 0.4) is 0 Å². The number of carboxylic acids is 1. The molecule has 1 saturated heterocycles. The summed E-state index contributed by atoms with van der Waals surface area (Å²) >= 11 is 0. The Morgan fingerprint density at radius 3 is 2.17 bits per heavy atom. The van der Waals surface area contributed by atoms with Crippen LogP contribution in [0.2, 0.25) is 0 Å². The van der Waals surface area contributed by atoms with E-state index in [2.05, 4.69) is 10.6 Å². The molecule has 9 nitrogen and oxygen atoms in total. The van der Waals surface area contributed by atoms with Crippen molar-refractivity contribution in [1.82, 2.24) is 10.6 Å². The van der Waals surface area contributed by atoms with Crippen molar-refractivity contribution >= 4 is 17.8 Å². The second-order valence-electron chi connectivity index (χ2n) is 7.32. The zero-order chi connectivity index (χ0) is 21.0. The van der Waals surface area contributed by atoms with Crippen LogP contribution in [0.4, 0.5) is 0 Å². The molecule has 2 unspecified atom stereocenters. The molecule has 1 aromatic rings. The molecule has 1 fully saturated rings. The number of aliphatic carboxylic acids is 1. The van der Waals surface area contributed by atoms with Gasteiger partial charge >= 0.3 is 29.6 Å². The number of hydrogen-bond acceptors (Lipinski definition) is 7. The molecule has 2 amide bonds. The first kappa shape index (κ1) is 25.4. The van der Waals surface area contributed by atoms with E-state index >= 15 is 0 Å². The molecular weight excluding hydrogens is 391 g/mol. The van der Waals surface area contributed by atoms with Crippen molar-refractivity contribution in [3.8, 4) is 5.75 Å². The number of hydrogen-bond donors (Lipinski definition) is 4. The zero-order valence-electron chi connectivity index (χ0n) is 16.9. The number of ether oxygens (including phenoxy) is 1. The third-order valence-electron chi connectivity index (χ3n) is 4.40. The van der Waals surface area contributed by atoms with E-state index in [9.17, 15) is 29.7 Å². The Balaban J connectivity index is 0.00000420. The molecule has 0 saturated carbocycles. The largest absolute Gasteiger partial charge is 1.00 e. The fourth-order valence-electron chi connectivity index (χ4n) is 2.81. The van der Waals surface area contributed by atoms with Crippen LogP contribution in [-0.2, 0) is 19.1 Å². The minimum atomic E-state index is -1.48. The van der Waals surface area contributed by atoms with E-state index in [-0.39, 0.29) is 41.2 Å². The number of carbonyl (C=O) groups is 3. The van der Waals surface area contributed by atoms with Gasteiger partial charge in [0.15, 0.2) is 6.10 Å². The summed E-state index contributed by atoms with van der Waals surface area (Å²) in [4.78, 5) is 35.4. The third-order valence-corrected chi connectivity index (χ3v) is 4.40. The Morgan fingerprint density at radius 2 is 1.69 bits per heavy atom. The van der Waals surface area contributed by atoms with Crippen LogP contribution in [0.25, 0.3) is 0 Å². The number of benzene rings is 1. The maximum Gasteiger partial charge on any atom is 1.00 e. The summed E-state index contributed by atoms with van der Waals surface area (Å²) in [6.45, 7) is 5.36. The van der Waals surface area contributed by atoms with Crippen LogP contribution in [-0.4, -0.2) is 52.3 Å². The normalized spacial score (nSPS) is 20.7. The summed E-state index contributed by atoms with van der Waals surface area (Å²) in [6, 6.07) is 4.36. The number of carboxylic acid groups (broad SMARTS) is 1. The van der Waals surface area contributed by atoms with Crippen LogP contribution in [0.1, 0.15) is 38.9 Å². The molecule has 0 aliphatic carbocycles. The topological polar surface area (TPSA) is 151 Å². The van der Waals surface area contributed by atoms with Gasteiger partial charge in [0.2, 0.25) is 5.91 Å². The van der Waals surface area contributed by atoms with Gasteiger partial charge in [0, 0.05) is 0 Å². The molecule has 10 heteroatoms. The molecule has 0 radical (unpaired) electrons. The third kappa shape index (κ3) is 7.27. The standard InChI is InChI=1S/C19H26N2O7.Na/c1-9(2)8-13(21-18(25)15-16(28-15)19(26)27)17(24)20-10(3)14(23)11-4-6-12(22)7-5-11;/h4-7,9-10,13-16,22-23H,8H2,1-3H3,(H,20,24)(H,21,25)(H,26,27);/q;+1/p-1/t10?,13-,14?,15+,16+;/m0./s1. The minimum Gasteiger partial charge on any atom is -0.547 e. The van der Waals surface area contributed by atoms with Gasteiger partial charge in [-0.3, -0.25) is 9.59 Å². The number of nitrogens with one attached hydrogen (secondary N) is 2. The molecule has 1 aliphatic heterocycles. The van der Waals surface area contributed by atoms with Crippen molar-refractivity contribution in [2.45, 2.75) is 57.6 Å². The van der Waals surface area contributed by atoms with Gasteiger partial charge in [-0.15, -0.1) is 0 Å². The van der Waals surface area contributed by atoms with Crippen molar-refractivity contribution in [2.24, 2.45) is 5.92 Å². The Labute approximate surface area is 191 Å². The monoisotopic (exact) mass is 416 g/mol. The maximum absolute atomic E-state index is 12.6. The van der Waals surface area contributed by atoms with E-state index in [0.717, 1.165) is 0 Å². The number of aliphatic hydroxyl groups excluding tert-OH is 1. The molecule has 0 bridgehead atoms. The van der Waals surface area contributed by atoms with Crippen LogP contribution in [0.5, 0.6) is 5.75 Å². The predicted molar refractivity (Wildman–Crippen MR) is 95.7 cm³/mol. The quantitative estimate of drug-likeness (QED) is 0.236. The van der Waals surface area contributed by atoms with Gasteiger partial charge in [-0.1, -0.05) is 26.0 Å². The molecule has 0 spiro atoms. The smallest absolute Gasteiger partial charge is 0.547 e. The number of phenolic OH excluding ortho intramolecular Hbond substituents is 1. The van der Waals surface area contributed by atoms with Gasteiger partial charge in [0.25, 0.3) is 5.91 Å². The molecule has 5 atom stereocenters. The number of rotatable bonds is 9. The van der Waals surface area contributed by atoms with Crippen molar-refractivity contribution in [1.29, 1.82) is 0 Å². The van der Waals surface area contributed by atoms with Gasteiger partial charge in [-0.05, 0) is 37.0 Å². The molecule has 29 heavy (non-hydrogen) atoms. The van der Waals surface area contributed by atoms with Crippen LogP contribution in [0.15, 0.2) is 24.3 Å². The van der Waals surface area contributed by atoms with E-state index in [1.165, 1.54) is 12.1 Å². The number of epoxide rings is 1. The van der Waals surface area contributed by atoms with E-state index in [1.807, 2.05) is 13.8 Å². The summed E-state index contributed by atoms with van der Waals surface area (Å²) in [5, 5.41) is 35.6. The van der Waals surface area contributed by atoms with Crippen molar-refractivity contribution in [3.05, 3.63) is 29.8 Å². The average Bonchev–Trinajstić information content (AvgIpc) is 3.41. The first-order chi connectivity index (χ1) is 13.1. The van der Waals surface area contributed by atoms with Gasteiger partial charge in [-0.2, -0.15) is 0 Å². The van der Waals surface area contributed by atoms with E-state index in [1.54, 1.807) is 19.1 Å². The number of amides is 2. The number of aliphatic hydroxyl groups is 1. The van der Waals surface area contributed by atoms with Gasteiger partial charge in [-0.25, -0.2) is 0 Å². The van der Waals surface area contributed by atoms with Gasteiger partial charge in [0.05, 0.1) is 18.1 Å². The summed E-state index contributed by atoms with van der Waals surface area (Å²) in [5.41, 5.74) is 0.512. The fraction of sp³-hybridized carbons (Fsp3) is 0.526. The molecule has 154 valence electrons. The molecule has 4 N–H and O–H groups in total. The Hall–Kier alpha value is -1.65. The second kappa shape index (κ2) is 10.9. The average molecular weight is 416 g/mol. The number of aromatic hydroxyl groups is 1. The van der Waals surface area contributed by atoms with Crippen molar-refractivity contribution in [3.63, 3.8) is 0 Å². The molecule has 1 heterocycles. The summed E-state index contributed by atoms with van der Waals surface area (Å²) in [6.07, 6.45) is -3.15.